The summed E-state index contributed by atoms with van der Waals surface area (Å²) in [6, 6.07) is 10.7. The van der Waals surface area contributed by atoms with Crippen molar-refractivity contribution in [1.29, 1.82) is 0 Å². The van der Waals surface area contributed by atoms with E-state index < -0.39 is 10.0 Å². The predicted octanol–water partition coefficient (Wildman–Crippen LogP) is 3.11. The van der Waals surface area contributed by atoms with E-state index in [1.807, 2.05) is 0 Å². The minimum Gasteiger partial charge on any atom is -0.271 e. The van der Waals surface area contributed by atoms with Gasteiger partial charge in [0.15, 0.2) is 0 Å². The number of sulfonamides is 1. The normalized spacial score (nSPS) is 22.0. The van der Waals surface area contributed by atoms with Gasteiger partial charge >= 0.3 is 0 Å². The summed E-state index contributed by atoms with van der Waals surface area (Å²) in [6.45, 7) is 0.796. The third kappa shape index (κ3) is 3.70. The lowest BCUT2D eigenvalue weighted by atomic mass is 9.79. The number of rotatable bonds is 5. The summed E-state index contributed by atoms with van der Waals surface area (Å²) in [5.41, 5.74) is 1.44. The number of benzene rings is 1. The molecule has 130 valence electrons. The molecule has 0 radical (unpaired) electrons. The van der Waals surface area contributed by atoms with Crippen LogP contribution in [-0.4, -0.2) is 36.6 Å². The predicted molar refractivity (Wildman–Crippen MR) is 94.2 cm³/mol. The van der Waals surface area contributed by atoms with E-state index in [4.69, 9.17) is 0 Å². The first-order valence-electron chi connectivity index (χ1n) is 8.47. The summed E-state index contributed by atoms with van der Waals surface area (Å²) >= 11 is 0. The molecule has 0 N–H and O–H groups in total. The molecular formula is C18H25N3O2S. The Bertz CT molecular complexity index is 761. The summed E-state index contributed by atoms with van der Waals surface area (Å²) < 4.78 is 27.2. The molecule has 1 aliphatic rings. The summed E-state index contributed by atoms with van der Waals surface area (Å²) in [7, 11) is -0.313. The second-order valence-corrected chi connectivity index (χ2v) is 8.97. The Morgan fingerprint density at radius 1 is 1.12 bits per heavy atom. The fourth-order valence-corrected chi connectivity index (χ4v) is 4.31. The van der Waals surface area contributed by atoms with E-state index in [0.29, 0.717) is 11.8 Å². The molecule has 6 heteroatoms. The fraction of sp³-hybridized carbons (Fsp3) is 0.500. The minimum atomic E-state index is -3.39. The zero-order valence-electron chi connectivity index (χ0n) is 14.3. The van der Waals surface area contributed by atoms with E-state index in [2.05, 4.69) is 35.4 Å². The maximum atomic E-state index is 12.1. The molecule has 0 atom stereocenters. The average Bonchev–Trinajstić information content (AvgIpc) is 3.05. The lowest BCUT2D eigenvalue weighted by Crippen LogP contribution is -2.22. The molecular weight excluding hydrogens is 322 g/mol. The van der Waals surface area contributed by atoms with E-state index in [1.165, 1.54) is 43.0 Å². The maximum Gasteiger partial charge on any atom is 0.245 e. The van der Waals surface area contributed by atoms with Gasteiger partial charge in [-0.1, -0.05) is 30.3 Å². The number of hydrogen-bond acceptors (Lipinski definition) is 3. The average molecular weight is 347 g/mol. The summed E-state index contributed by atoms with van der Waals surface area (Å²) in [5, 5.41) is 4.25. The van der Waals surface area contributed by atoms with Crippen LogP contribution in [0.3, 0.4) is 0 Å². The van der Waals surface area contributed by atoms with Gasteiger partial charge in [-0.3, -0.25) is 4.68 Å². The van der Waals surface area contributed by atoms with Crippen LogP contribution >= 0.6 is 0 Å². The van der Waals surface area contributed by atoms with Crippen molar-refractivity contribution in [3.63, 3.8) is 0 Å². The number of nitrogens with zero attached hydrogens (tertiary/aromatic N) is 3. The van der Waals surface area contributed by atoms with Crippen LogP contribution < -0.4 is 0 Å². The van der Waals surface area contributed by atoms with E-state index in [0.717, 1.165) is 19.4 Å². The molecule has 1 aromatic heterocycles. The highest BCUT2D eigenvalue weighted by atomic mass is 32.2. The molecule has 0 unspecified atom stereocenters. The highest BCUT2D eigenvalue weighted by Crippen LogP contribution is 2.36. The van der Waals surface area contributed by atoms with Gasteiger partial charge in [0.05, 0.1) is 6.20 Å². The van der Waals surface area contributed by atoms with Crippen molar-refractivity contribution in [1.82, 2.24) is 14.1 Å². The van der Waals surface area contributed by atoms with Gasteiger partial charge in [0, 0.05) is 26.8 Å². The van der Waals surface area contributed by atoms with Crippen molar-refractivity contribution < 1.29 is 8.42 Å². The molecule has 0 saturated heterocycles. The van der Waals surface area contributed by atoms with Gasteiger partial charge in [-0.15, -0.1) is 0 Å². The molecule has 1 heterocycles. The van der Waals surface area contributed by atoms with Crippen molar-refractivity contribution in [3.05, 3.63) is 48.3 Å². The van der Waals surface area contributed by atoms with Gasteiger partial charge in [0.25, 0.3) is 0 Å². The first kappa shape index (κ1) is 17.2. The Balaban J connectivity index is 1.58. The topological polar surface area (TPSA) is 55.2 Å². The van der Waals surface area contributed by atoms with Crippen LogP contribution in [0.25, 0.3) is 0 Å². The molecule has 24 heavy (non-hydrogen) atoms. The summed E-state index contributed by atoms with van der Waals surface area (Å²) in [4.78, 5) is 0.269. The second-order valence-electron chi connectivity index (χ2n) is 6.81. The highest BCUT2D eigenvalue weighted by molar-refractivity contribution is 7.89. The smallest absolute Gasteiger partial charge is 0.245 e. The van der Waals surface area contributed by atoms with Crippen molar-refractivity contribution in [2.24, 2.45) is 5.92 Å². The van der Waals surface area contributed by atoms with E-state index in [-0.39, 0.29) is 4.90 Å². The van der Waals surface area contributed by atoms with Crippen molar-refractivity contribution in [2.75, 3.05) is 14.1 Å². The van der Waals surface area contributed by atoms with Crippen molar-refractivity contribution >= 4 is 10.0 Å². The maximum absolute atomic E-state index is 12.1. The molecule has 0 bridgehead atoms. The van der Waals surface area contributed by atoms with Gasteiger partial charge in [-0.2, -0.15) is 5.10 Å². The molecule has 0 spiro atoms. The van der Waals surface area contributed by atoms with E-state index in [9.17, 15) is 8.42 Å². The first-order valence-corrected chi connectivity index (χ1v) is 9.91. The SMILES string of the molecule is CN(C)S(=O)(=O)c1cnn(CC2CCC(c3ccccc3)CC2)c1. The molecule has 0 amide bonds. The Morgan fingerprint density at radius 2 is 1.79 bits per heavy atom. The standard InChI is InChI=1S/C18H25N3O2S/c1-20(2)24(22,23)18-12-19-21(14-18)13-15-8-10-17(11-9-15)16-6-4-3-5-7-16/h3-7,12,14-15,17H,8-11,13H2,1-2H3. The Labute approximate surface area is 144 Å². The van der Waals surface area contributed by atoms with Gasteiger partial charge in [-0.25, -0.2) is 12.7 Å². The van der Waals surface area contributed by atoms with Crippen LogP contribution in [0.5, 0.6) is 0 Å². The lowest BCUT2D eigenvalue weighted by molar-refractivity contribution is 0.285. The van der Waals surface area contributed by atoms with E-state index >= 15 is 0 Å². The van der Waals surface area contributed by atoms with Crippen LogP contribution in [0, 0.1) is 5.92 Å². The van der Waals surface area contributed by atoms with Crippen LogP contribution in [0.15, 0.2) is 47.6 Å². The Kier molecular flexibility index (Phi) is 5.06. The second kappa shape index (κ2) is 7.07. The number of hydrogen-bond donors (Lipinski definition) is 0. The zero-order valence-corrected chi connectivity index (χ0v) is 15.1. The Hall–Kier alpha value is -1.66. The fourth-order valence-electron chi connectivity index (χ4n) is 3.46. The molecule has 1 saturated carbocycles. The van der Waals surface area contributed by atoms with Crippen molar-refractivity contribution in [2.45, 2.75) is 43.0 Å². The molecule has 3 rings (SSSR count). The van der Waals surface area contributed by atoms with Crippen LogP contribution in [0.4, 0.5) is 0 Å². The largest absolute Gasteiger partial charge is 0.271 e. The van der Waals surface area contributed by atoms with Gasteiger partial charge in [0.1, 0.15) is 4.90 Å². The molecule has 1 aliphatic carbocycles. The van der Waals surface area contributed by atoms with E-state index in [1.54, 1.807) is 10.9 Å². The van der Waals surface area contributed by atoms with Crippen LogP contribution in [0.2, 0.25) is 0 Å². The van der Waals surface area contributed by atoms with Gasteiger partial charge < -0.3 is 0 Å². The quantitative estimate of drug-likeness (QED) is 0.835. The van der Waals surface area contributed by atoms with Crippen LogP contribution in [0.1, 0.15) is 37.2 Å². The molecule has 1 fully saturated rings. The summed E-state index contributed by atoms with van der Waals surface area (Å²) in [5.74, 6) is 1.23. The third-order valence-electron chi connectivity index (χ3n) is 4.95. The van der Waals surface area contributed by atoms with Gasteiger partial charge in [-0.05, 0) is 43.1 Å². The lowest BCUT2D eigenvalue weighted by Gasteiger charge is -2.28. The minimum absolute atomic E-state index is 0.269. The molecule has 1 aromatic carbocycles. The molecule has 5 nitrogen and oxygen atoms in total. The molecule has 2 aromatic rings. The third-order valence-corrected chi connectivity index (χ3v) is 6.72. The first-order chi connectivity index (χ1) is 11.5. The zero-order chi connectivity index (χ0) is 17.2. The highest BCUT2D eigenvalue weighted by Gasteiger charge is 2.24. The van der Waals surface area contributed by atoms with Gasteiger partial charge in [0.2, 0.25) is 10.0 Å². The number of aromatic nitrogens is 2. The monoisotopic (exact) mass is 347 g/mol. The summed E-state index contributed by atoms with van der Waals surface area (Å²) in [6.07, 6.45) is 7.81. The van der Waals surface area contributed by atoms with Crippen LogP contribution in [-0.2, 0) is 16.6 Å². The molecule has 0 aliphatic heterocycles. The Morgan fingerprint density at radius 3 is 2.42 bits per heavy atom. The van der Waals surface area contributed by atoms with Crippen molar-refractivity contribution in [3.8, 4) is 0 Å².